The van der Waals surface area contributed by atoms with E-state index in [2.05, 4.69) is 42.6 Å². The highest BCUT2D eigenvalue weighted by Crippen LogP contribution is 2.17. The summed E-state index contributed by atoms with van der Waals surface area (Å²) in [5, 5.41) is 0. The van der Waals surface area contributed by atoms with Crippen molar-refractivity contribution >= 4 is 5.82 Å². The molecule has 0 spiro atoms. The third kappa shape index (κ3) is 4.26. The zero-order chi connectivity index (χ0) is 13.7. The number of hydrogen-bond donors (Lipinski definition) is 1. The van der Waals surface area contributed by atoms with Gasteiger partial charge in [0.2, 0.25) is 0 Å². The molecule has 0 fully saturated rings. The van der Waals surface area contributed by atoms with Crippen molar-refractivity contribution < 1.29 is 0 Å². The first kappa shape index (κ1) is 14.9. The molecule has 1 heterocycles. The third-order valence-corrected chi connectivity index (χ3v) is 2.68. The second-order valence-corrected chi connectivity index (χ2v) is 5.51. The van der Waals surface area contributed by atoms with Crippen molar-refractivity contribution in [2.24, 2.45) is 11.7 Å². The van der Waals surface area contributed by atoms with E-state index in [4.69, 9.17) is 5.73 Å². The zero-order valence-electron chi connectivity index (χ0n) is 12.3. The second kappa shape index (κ2) is 6.69. The van der Waals surface area contributed by atoms with Crippen LogP contribution in [0.25, 0.3) is 0 Å². The molecule has 0 saturated heterocycles. The van der Waals surface area contributed by atoms with E-state index in [-0.39, 0.29) is 0 Å². The first-order chi connectivity index (χ1) is 8.43. The summed E-state index contributed by atoms with van der Waals surface area (Å²) in [6, 6.07) is 2.05. The number of aryl methyl sites for hydroxylation is 1. The van der Waals surface area contributed by atoms with Gasteiger partial charge in [-0.05, 0) is 12.8 Å². The quantitative estimate of drug-likeness (QED) is 0.842. The van der Waals surface area contributed by atoms with E-state index >= 15 is 0 Å². The first-order valence-corrected chi connectivity index (χ1v) is 6.74. The fraction of sp³-hybridized carbons (Fsp3) is 0.714. The highest BCUT2D eigenvalue weighted by molar-refractivity contribution is 5.40. The van der Waals surface area contributed by atoms with Gasteiger partial charge in [0.05, 0.1) is 0 Å². The van der Waals surface area contributed by atoms with Gasteiger partial charge in [-0.3, -0.25) is 0 Å². The van der Waals surface area contributed by atoms with Gasteiger partial charge in [0.15, 0.2) is 0 Å². The van der Waals surface area contributed by atoms with Gasteiger partial charge >= 0.3 is 0 Å². The van der Waals surface area contributed by atoms with Crippen molar-refractivity contribution in [3.63, 3.8) is 0 Å². The third-order valence-electron chi connectivity index (χ3n) is 2.68. The SMILES string of the molecule is Cc1cc(N(CCN)CC(C)C)nc(C(C)C)n1. The Morgan fingerprint density at radius 2 is 1.89 bits per heavy atom. The molecule has 4 nitrogen and oxygen atoms in total. The Hall–Kier alpha value is -1.16. The van der Waals surface area contributed by atoms with Gasteiger partial charge in [-0.15, -0.1) is 0 Å². The van der Waals surface area contributed by atoms with Crippen LogP contribution in [-0.4, -0.2) is 29.6 Å². The van der Waals surface area contributed by atoms with Gasteiger partial charge in [0, 0.05) is 37.3 Å². The van der Waals surface area contributed by atoms with Crippen LogP contribution in [0.5, 0.6) is 0 Å². The summed E-state index contributed by atoms with van der Waals surface area (Å²) in [5.41, 5.74) is 6.72. The second-order valence-electron chi connectivity index (χ2n) is 5.51. The Morgan fingerprint density at radius 3 is 2.39 bits per heavy atom. The Labute approximate surface area is 111 Å². The Kier molecular flexibility index (Phi) is 5.54. The van der Waals surface area contributed by atoms with Crippen LogP contribution in [0.4, 0.5) is 5.82 Å². The highest BCUT2D eigenvalue weighted by Gasteiger charge is 2.13. The highest BCUT2D eigenvalue weighted by atomic mass is 15.2. The summed E-state index contributed by atoms with van der Waals surface area (Å²) in [4.78, 5) is 11.4. The van der Waals surface area contributed by atoms with Crippen molar-refractivity contribution in [1.29, 1.82) is 0 Å². The molecule has 0 saturated carbocycles. The van der Waals surface area contributed by atoms with Crippen LogP contribution in [0.2, 0.25) is 0 Å². The van der Waals surface area contributed by atoms with Gasteiger partial charge in [0.25, 0.3) is 0 Å². The van der Waals surface area contributed by atoms with Crippen molar-refractivity contribution in [1.82, 2.24) is 9.97 Å². The number of rotatable bonds is 6. The number of aromatic nitrogens is 2. The Bertz CT molecular complexity index is 374. The number of anilines is 1. The number of hydrogen-bond acceptors (Lipinski definition) is 4. The van der Waals surface area contributed by atoms with Crippen molar-refractivity contribution in [3.05, 3.63) is 17.6 Å². The smallest absolute Gasteiger partial charge is 0.133 e. The van der Waals surface area contributed by atoms with Crippen molar-refractivity contribution in [2.75, 3.05) is 24.5 Å². The zero-order valence-corrected chi connectivity index (χ0v) is 12.3. The predicted molar refractivity (Wildman–Crippen MR) is 77.0 cm³/mol. The van der Waals surface area contributed by atoms with Gasteiger partial charge < -0.3 is 10.6 Å². The van der Waals surface area contributed by atoms with E-state index in [0.717, 1.165) is 30.4 Å². The summed E-state index contributed by atoms with van der Waals surface area (Å²) in [7, 11) is 0. The summed E-state index contributed by atoms with van der Waals surface area (Å²) in [6.07, 6.45) is 0. The van der Waals surface area contributed by atoms with Crippen LogP contribution in [0, 0.1) is 12.8 Å². The topological polar surface area (TPSA) is 55.0 Å². The minimum atomic E-state index is 0.349. The molecule has 2 N–H and O–H groups in total. The molecule has 18 heavy (non-hydrogen) atoms. The average Bonchev–Trinajstić information content (AvgIpc) is 2.27. The molecule has 1 aromatic rings. The summed E-state index contributed by atoms with van der Waals surface area (Å²) in [6.45, 7) is 13.1. The summed E-state index contributed by atoms with van der Waals surface area (Å²) < 4.78 is 0. The maximum Gasteiger partial charge on any atom is 0.133 e. The summed E-state index contributed by atoms with van der Waals surface area (Å²) in [5.74, 6) is 2.86. The Morgan fingerprint density at radius 1 is 1.22 bits per heavy atom. The standard InChI is InChI=1S/C14H26N4/c1-10(2)9-18(7-6-15)13-8-12(5)16-14(17-13)11(3)4/h8,10-11H,6-7,9,15H2,1-5H3. The fourth-order valence-corrected chi connectivity index (χ4v) is 1.89. The first-order valence-electron chi connectivity index (χ1n) is 6.74. The van der Waals surface area contributed by atoms with E-state index in [0.29, 0.717) is 18.4 Å². The maximum atomic E-state index is 5.69. The molecule has 4 heteroatoms. The maximum absolute atomic E-state index is 5.69. The normalized spacial score (nSPS) is 11.3. The lowest BCUT2D eigenvalue weighted by Gasteiger charge is -2.26. The molecule has 0 bridgehead atoms. The molecule has 0 unspecified atom stereocenters. The molecule has 0 atom stereocenters. The van der Waals surface area contributed by atoms with E-state index in [1.807, 2.05) is 13.0 Å². The van der Waals surface area contributed by atoms with Crippen LogP contribution in [-0.2, 0) is 0 Å². The summed E-state index contributed by atoms with van der Waals surface area (Å²) >= 11 is 0. The molecular formula is C14H26N4. The van der Waals surface area contributed by atoms with Gasteiger partial charge in [-0.2, -0.15) is 0 Å². The van der Waals surface area contributed by atoms with Gasteiger partial charge in [-0.1, -0.05) is 27.7 Å². The largest absolute Gasteiger partial charge is 0.355 e. The molecular weight excluding hydrogens is 224 g/mol. The van der Waals surface area contributed by atoms with E-state index in [9.17, 15) is 0 Å². The molecule has 0 radical (unpaired) electrons. The van der Waals surface area contributed by atoms with Crippen molar-refractivity contribution in [3.8, 4) is 0 Å². The molecule has 102 valence electrons. The molecule has 1 aromatic heterocycles. The minimum Gasteiger partial charge on any atom is -0.355 e. The monoisotopic (exact) mass is 250 g/mol. The van der Waals surface area contributed by atoms with Crippen LogP contribution in [0.15, 0.2) is 6.07 Å². The van der Waals surface area contributed by atoms with E-state index < -0.39 is 0 Å². The van der Waals surface area contributed by atoms with Crippen LogP contribution in [0.3, 0.4) is 0 Å². The fourth-order valence-electron chi connectivity index (χ4n) is 1.89. The minimum absolute atomic E-state index is 0.349. The lowest BCUT2D eigenvalue weighted by molar-refractivity contribution is 0.603. The predicted octanol–water partition coefficient (Wildman–Crippen LogP) is 2.33. The average molecular weight is 250 g/mol. The van der Waals surface area contributed by atoms with Crippen LogP contribution in [0.1, 0.15) is 45.1 Å². The van der Waals surface area contributed by atoms with Crippen molar-refractivity contribution in [2.45, 2.75) is 40.5 Å². The number of nitrogens with zero attached hydrogens (tertiary/aromatic N) is 3. The Balaban J connectivity index is 3.02. The van der Waals surface area contributed by atoms with Gasteiger partial charge in [-0.25, -0.2) is 9.97 Å². The molecule has 0 amide bonds. The molecule has 0 aliphatic heterocycles. The lowest BCUT2D eigenvalue weighted by Crippen LogP contribution is -2.33. The van der Waals surface area contributed by atoms with Crippen LogP contribution < -0.4 is 10.6 Å². The molecule has 1 rings (SSSR count). The molecule has 0 aromatic carbocycles. The van der Waals surface area contributed by atoms with Crippen LogP contribution >= 0.6 is 0 Å². The number of nitrogens with two attached hydrogens (primary N) is 1. The van der Waals surface area contributed by atoms with E-state index in [1.165, 1.54) is 0 Å². The van der Waals surface area contributed by atoms with Gasteiger partial charge in [0.1, 0.15) is 11.6 Å². The molecule has 0 aliphatic rings. The lowest BCUT2D eigenvalue weighted by atomic mass is 10.2. The van der Waals surface area contributed by atoms with E-state index in [1.54, 1.807) is 0 Å². The molecule has 0 aliphatic carbocycles.